The monoisotopic (exact) mass is 293 g/mol. The summed E-state index contributed by atoms with van der Waals surface area (Å²) in [6.07, 6.45) is 0.0505. The molecule has 6 nitrogen and oxygen atoms in total. The average molecular weight is 293 g/mol. The summed E-state index contributed by atoms with van der Waals surface area (Å²) in [5.41, 5.74) is -1.53. The standard InChI is InChI=1S/C15H19NO5/c1-10(2)9-14(18)15(19,13(17)20-3)21-12(16-14)11-7-5-4-6-8-11/h4-8,10,18-19H,9H2,1-3H3. The largest absolute Gasteiger partial charge is 0.464 e. The fourth-order valence-electron chi connectivity index (χ4n) is 2.29. The SMILES string of the molecule is COC(=O)C1(O)OC(c2ccccc2)=NC1(O)CC(C)C. The predicted octanol–water partition coefficient (Wildman–Crippen LogP) is 1.06. The van der Waals surface area contributed by atoms with Crippen LogP contribution in [0.4, 0.5) is 0 Å². The minimum Gasteiger partial charge on any atom is -0.464 e. The summed E-state index contributed by atoms with van der Waals surface area (Å²) in [6.45, 7) is 3.68. The van der Waals surface area contributed by atoms with Gasteiger partial charge >= 0.3 is 11.8 Å². The highest BCUT2D eigenvalue weighted by atomic mass is 16.7. The molecular formula is C15H19NO5. The van der Waals surface area contributed by atoms with Gasteiger partial charge in [-0.05, 0) is 18.1 Å². The number of carbonyl (C=O) groups is 1. The van der Waals surface area contributed by atoms with Gasteiger partial charge in [0.1, 0.15) is 0 Å². The quantitative estimate of drug-likeness (QED) is 0.810. The van der Waals surface area contributed by atoms with Gasteiger partial charge in [-0.1, -0.05) is 32.0 Å². The van der Waals surface area contributed by atoms with Crippen molar-refractivity contribution in [3.05, 3.63) is 35.9 Å². The van der Waals surface area contributed by atoms with Gasteiger partial charge in [0.25, 0.3) is 0 Å². The lowest BCUT2D eigenvalue weighted by Crippen LogP contribution is -2.58. The van der Waals surface area contributed by atoms with Crippen molar-refractivity contribution in [1.29, 1.82) is 0 Å². The highest BCUT2D eigenvalue weighted by molar-refractivity contribution is 5.99. The van der Waals surface area contributed by atoms with Crippen molar-refractivity contribution in [1.82, 2.24) is 0 Å². The molecular weight excluding hydrogens is 274 g/mol. The van der Waals surface area contributed by atoms with Crippen LogP contribution in [0, 0.1) is 5.92 Å². The van der Waals surface area contributed by atoms with Crippen molar-refractivity contribution in [2.75, 3.05) is 7.11 Å². The van der Waals surface area contributed by atoms with Crippen molar-refractivity contribution < 1.29 is 24.5 Å². The van der Waals surface area contributed by atoms with Crippen LogP contribution in [0.15, 0.2) is 35.3 Å². The second-order valence-corrected chi connectivity index (χ2v) is 5.44. The Bertz CT molecular complexity index is 556. The van der Waals surface area contributed by atoms with Crippen LogP contribution >= 0.6 is 0 Å². The lowest BCUT2D eigenvalue weighted by Gasteiger charge is -2.32. The molecule has 114 valence electrons. The molecule has 0 spiro atoms. The van der Waals surface area contributed by atoms with Crippen LogP contribution in [0.25, 0.3) is 0 Å². The summed E-state index contributed by atoms with van der Waals surface area (Å²) in [5, 5.41) is 21.1. The smallest absolute Gasteiger partial charge is 0.384 e. The van der Waals surface area contributed by atoms with Crippen molar-refractivity contribution in [3.63, 3.8) is 0 Å². The number of aliphatic hydroxyl groups is 2. The van der Waals surface area contributed by atoms with E-state index in [1.807, 2.05) is 19.9 Å². The molecule has 2 rings (SSSR count). The Morgan fingerprint density at radius 2 is 1.95 bits per heavy atom. The van der Waals surface area contributed by atoms with Crippen LogP contribution in [0.5, 0.6) is 0 Å². The van der Waals surface area contributed by atoms with Gasteiger partial charge < -0.3 is 19.7 Å². The zero-order valence-electron chi connectivity index (χ0n) is 12.2. The Kier molecular flexibility index (Phi) is 4.02. The third-order valence-electron chi connectivity index (χ3n) is 3.25. The van der Waals surface area contributed by atoms with Gasteiger partial charge in [-0.15, -0.1) is 0 Å². The van der Waals surface area contributed by atoms with Crippen LogP contribution in [0.2, 0.25) is 0 Å². The lowest BCUT2D eigenvalue weighted by atomic mass is 9.93. The van der Waals surface area contributed by atoms with Gasteiger partial charge in [0.05, 0.1) is 7.11 Å². The first kappa shape index (κ1) is 15.5. The first-order valence-corrected chi connectivity index (χ1v) is 6.70. The fourth-order valence-corrected chi connectivity index (χ4v) is 2.29. The van der Waals surface area contributed by atoms with Gasteiger partial charge in [0, 0.05) is 12.0 Å². The van der Waals surface area contributed by atoms with Gasteiger partial charge in [-0.2, -0.15) is 0 Å². The molecule has 2 atom stereocenters. The van der Waals surface area contributed by atoms with Gasteiger partial charge in [0.2, 0.25) is 11.6 Å². The Balaban J connectivity index is 2.44. The number of hydrogen-bond acceptors (Lipinski definition) is 6. The molecule has 0 saturated carbocycles. The van der Waals surface area contributed by atoms with Crippen LogP contribution < -0.4 is 0 Å². The maximum atomic E-state index is 11.9. The zero-order valence-corrected chi connectivity index (χ0v) is 12.2. The molecule has 0 aromatic heterocycles. The summed E-state index contributed by atoms with van der Waals surface area (Å²) in [5.74, 6) is -3.64. The number of benzene rings is 1. The van der Waals surface area contributed by atoms with E-state index in [4.69, 9.17) is 4.74 Å². The highest BCUT2D eigenvalue weighted by Gasteiger charge is 2.64. The number of esters is 1. The minimum absolute atomic E-state index is 0.00616. The molecule has 21 heavy (non-hydrogen) atoms. The number of ether oxygens (including phenoxy) is 2. The lowest BCUT2D eigenvalue weighted by molar-refractivity contribution is -0.254. The molecule has 1 heterocycles. The summed E-state index contributed by atoms with van der Waals surface area (Å²) >= 11 is 0. The molecule has 0 fully saturated rings. The Morgan fingerprint density at radius 1 is 1.33 bits per heavy atom. The Hall–Kier alpha value is -1.92. The van der Waals surface area contributed by atoms with Crippen LogP contribution in [-0.4, -0.2) is 40.7 Å². The third kappa shape index (κ3) is 2.64. The molecule has 1 aromatic carbocycles. The predicted molar refractivity (Wildman–Crippen MR) is 75.4 cm³/mol. The summed E-state index contributed by atoms with van der Waals surface area (Å²) in [7, 11) is 1.11. The summed E-state index contributed by atoms with van der Waals surface area (Å²) in [6, 6.07) is 8.75. The van der Waals surface area contributed by atoms with E-state index in [9.17, 15) is 15.0 Å². The third-order valence-corrected chi connectivity index (χ3v) is 3.25. The van der Waals surface area contributed by atoms with E-state index in [1.165, 1.54) is 0 Å². The molecule has 2 unspecified atom stereocenters. The van der Waals surface area contributed by atoms with Crippen molar-refractivity contribution in [3.8, 4) is 0 Å². The van der Waals surface area contributed by atoms with Crippen molar-refractivity contribution >= 4 is 11.9 Å². The Morgan fingerprint density at radius 3 is 2.48 bits per heavy atom. The highest BCUT2D eigenvalue weighted by Crippen LogP contribution is 2.39. The normalized spacial score (nSPS) is 28.2. The number of nitrogens with zero attached hydrogens (tertiary/aromatic N) is 1. The van der Waals surface area contributed by atoms with Crippen LogP contribution in [-0.2, 0) is 14.3 Å². The molecule has 2 N–H and O–H groups in total. The Labute approximate surface area is 123 Å². The van der Waals surface area contributed by atoms with E-state index >= 15 is 0 Å². The molecule has 0 amide bonds. The molecule has 0 bridgehead atoms. The first-order chi connectivity index (χ1) is 9.82. The van der Waals surface area contributed by atoms with Gasteiger partial charge in [0.15, 0.2) is 0 Å². The second kappa shape index (κ2) is 5.46. The molecule has 0 saturated heterocycles. The van der Waals surface area contributed by atoms with Gasteiger partial charge in [-0.25, -0.2) is 9.79 Å². The summed E-state index contributed by atoms with van der Waals surface area (Å²) < 4.78 is 9.84. The zero-order chi connectivity index (χ0) is 15.7. The summed E-state index contributed by atoms with van der Waals surface area (Å²) in [4.78, 5) is 15.9. The second-order valence-electron chi connectivity index (χ2n) is 5.44. The number of hydrogen-bond donors (Lipinski definition) is 2. The number of carbonyl (C=O) groups excluding carboxylic acids is 1. The minimum atomic E-state index is -2.54. The number of methoxy groups -OCH3 is 1. The maximum Gasteiger partial charge on any atom is 0.384 e. The molecule has 0 aliphatic carbocycles. The first-order valence-electron chi connectivity index (χ1n) is 6.70. The fraction of sp³-hybridized carbons (Fsp3) is 0.467. The van der Waals surface area contributed by atoms with E-state index in [0.29, 0.717) is 5.56 Å². The van der Waals surface area contributed by atoms with E-state index < -0.39 is 17.5 Å². The molecule has 1 aromatic rings. The van der Waals surface area contributed by atoms with E-state index in [2.05, 4.69) is 9.73 Å². The molecule has 6 heteroatoms. The van der Waals surface area contributed by atoms with Crippen molar-refractivity contribution in [2.45, 2.75) is 31.8 Å². The van der Waals surface area contributed by atoms with Gasteiger partial charge in [-0.3, -0.25) is 0 Å². The molecule has 1 aliphatic heterocycles. The van der Waals surface area contributed by atoms with E-state index in [0.717, 1.165) is 7.11 Å². The molecule has 1 aliphatic rings. The van der Waals surface area contributed by atoms with E-state index in [1.54, 1.807) is 24.3 Å². The maximum absolute atomic E-state index is 11.9. The van der Waals surface area contributed by atoms with E-state index in [-0.39, 0.29) is 18.2 Å². The molecule has 0 radical (unpaired) electrons. The van der Waals surface area contributed by atoms with Crippen molar-refractivity contribution in [2.24, 2.45) is 10.9 Å². The number of aliphatic imine (C=N–C) groups is 1. The number of rotatable bonds is 4. The average Bonchev–Trinajstić information content (AvgIpc) is 2.71. The van der Waals surface area contributed by atoms with Crippen LogP contribution in [0.1, 0.15) is 25.8 Å². The topological polar surface area (TPSA) is 88.4 Å². The van der Waals surface area contributed by atoms with Crippen LogP contribution in [0.3, 0.4) is 0 Å².